The Balaban J connectivity index is 2.09. The molecule has 1 aromatic carbocycles. The third-order valence-electron chi connectivity index (χ3n) is 4.12. The molecule has 1 fully saturated rings. The van der Waals surface area contributed by atoms with Gasteiger partial charge in [-0.1, -0.05) is 30.3 Å². The van der Waals surface area contributed by atoms with Crippen molar-refractivity contribution in [3.8, 4) is 0 Å². The van der Waals surface area contributed by atoms with E-state index < -0.39 is 5.60 Å². The van der Waals surface area contributed by atoms with Gasteiger partial charge in [-0.2, -0.15) is 0 Å². The van der Waals surface area contributed by atoms with Gasteiger partial charge in [-0.15, -0.1) is 0 Å². The monoisotopic (exact) mass is 263 g/mol. The van der Waals surface area contributed by atoms with Gasteiger partial charge in [0, 0.05) is 19.2 Å². The summed E-state index contributed by atoms with van der Waals surface area (Å²) in [4.78, 5) is 2.35. The SMILES string of the molecule is CC(C)(O)C1CC(CO)CCN1Cc1ccccc1. The normalized spacial score (nSPS) is 25.5. The zero-order valence-electron chi connectivity index (χ0n) is 11.9. The Morgan fingerprint density at radius 2 is 1.95 bits per heavy atom. The molecular formula is C16H25NO2. The van der Waals surface area contributed by atoms with Gasteiger partial charge >= 0.3 is 0 Å². The summed E-state index contributed by atoms with van der Waals surface area (Å²) in [6, 6.07) is 10.5. The maximum absolute atomic E-state index is 10.4. The molecule has 2 N–H and O–H groups in total. The summed E-state index contributed by atoms with van der Waals surface area (Å²) >= 11 is 0. The molecule has 19 heavy (non-hydrogen) atoms. The van der Waals surface area contributed by atoms with Crippen molar-refractivity contribution in [2.45, 2.75) is 44.9 Å². The van der Waals surface area contributed by atoms with Crippen molar-refractivity contribution < 1.29 is 10.2 Å². The van der Waals surface area contributed by atoms with E-state index in [9.17, 15) is 10.2 Å². The van der Waals surface area contributed by atoms with Crippen LogP contribution in [0.25, 0.3) is 0 Å². The molecule has 0 spiro atoms. The van der Waals surface area contributed by atoms with Crippen molar-refractivity contribution in [2.75, 3.05) is 13.2 Å². The number of hydrogen-bond acceptors (Lipinski definition) is 3. The predicted octanol–water partition coefficient (Wildman–Crippen LogP) is 2.03. The van der Waals surface area contributed by atoms with E-state index in [1.54, 1.807) is 0 Å². The molecule has 1 saturated heterocycles. The van der Waals surface area contributed by atoms with E-state index in [2.05, 4.69) is 29.2 Å². The molecule has 0 aromatic heterocycles. The molecule has 2 atom stereocenters. The van der Waals surface area contributed by atoms with Crippen LogP contribution in [0.4, 0.5) is 0 Å². The summed E-state index contributed by atoms with van der Waals surface area (Å²) in [5.74, 6) is 0.323. The molecule has 1 aliphatic heterocycles. The molecule has 106 valence electrons. The number of likely N-dealkylation sites (tertiary alicyclic amines) is 1. The highest BCUT2D eigenvalue weighted by Crippen LogP contribution is 2.30. The molecule has 1 aromatic rings. The Morgan fingerprint density at radius 1 is 1.26 bits per heavy atom. The second-order valence-corrected chi connectivity index (χ2v) is 6.20. The van der Waals surface area contributed by atoms with Gasteiger partial charge in [0.15, 0.2) is 0 Å². The minimum atomic E-state index is -0.734. The summed E-state index contributed by atoms with van der Waals surface area (Å²) in [6.45, 7) is 5.78. The Labute approximate surface area is 115 Å². The van der Waals surface area contributed by atoms with Gasteiger partial charge in [0.25, 0.3) is 0 Å². The fourth-order valence-corrected chi connectivity index (χ4v) is 3.00. The first-order valence-corrected chi connectivity index (χ1v) is 7.12. The Kier molecular flexibility index (Phi) is 4.61. The zero-order chi connectivity index (χ0) is 13.9. The van der Waals surface area contributed by atoms with Crippen LogP contribution in [0, 0.1) is 5.92 Å². The number of aliphatic hydroxyl groups excluding tert-OH is 1. The first kappa shape index (κ1) is 14.5. The second-order valence-electron chi connectivity index (χ2n) is 6.20. The van der Waals surface area contributed by atoms with Crippen molar-refractivity contribution in [1.29, 1.82) is 0 Å². The first-order chi connectivity index (χ1) is 9.00. The largest absolute Gasteiger partial charge is 0.396 e. The molecule has 1 heterocycles. The number of benzene rings is 1. The summed E-state index contributed by atoms with van der Waals surface area (Å²) in [7, 11) is 0. The van der Waals surface area contributed by atoms with Gasteiger partial charge < -0.3 is 10.2 Å². The summed E-state index contributed by atoms with van der Waals surface area (Å²) < 4.78 is 0. The molecular weight excluding hydrogens is 238 g/mol. The minimum Gasteiger partial charge on any atom is -0.396 e. The van der Waals surface area contributed by atoms with Crippen molar-refractivity contribution in [2.24, 2.45) is 5.92 Å². The van der Waals surface area contributed by atoms with Crippen LogP contribution < -0.4 is 0 Å². The average Bonchev–Trinajstić information content (AvgIpc) is 2.39. The molecule has 1 aliphatic rings. The van der Waals surface area contributed by atoms with Crippen LogP contribution in [0.3, 0.4) is 0 Å². The van der Waals surface area contributed by atoms with Crippen LogP contribution in [0.15, 0.2) is 30.3 Å². The quantitative estimate of drug-likeness (QED) is 0.873. The third kappa shape index (κ3) is 3.78. The number of nitrogens with zero attached hydrogens (tertiary/aromatic N) is 1. The molecule has 0 bridgehead atoms. The molecule has 0 saturated carbocycles. The first-order valence-electron chi connectivity index (χ1n) is 7.12. The lowest BCUT2D eigenvalue weighted by Crippen LogP contribution is -2.53. The molecule has 2 rings (SSSR count). The Bertz CT molecular complexity index is 385. The summed E-state index contributed by atoms with van der Waals surface area (Å²) in [6.07, 6.45) is 1.88. The van der Waals surface area contributed by atoms with E-state index in [-0.39, 0.29) is 12.6 Å². The number of rotatable bonds is 4. The van der Waals surface area contributed by atoms with Gasteiger partial charge in [-0.3, -0.25) is 4.90 Å². The molecule has 0 amide bonds. The lowest BCUT2D eigenvalue weighted by molar-refractivity contribution is -0.0570. The van der Waals surface area contributed by atoms with Gasteiger partial charge in [0.05, 0.1) is 5.60 Å². The van der Waals surface area contributed by atoms with Crippen LogP contribution in [0.1, 0.15) is 32.3 Å². The highest BCUT2D eigenvalue weighted by Gasteiger charge is 2.37. The fraction of sp³-hybridized carbons (Fsp3) is 0.625. The number of aliphatic hydroxyl groups is 2. The van der Waals surface area contributed by atoms with Crippen molar-refractivity contribution >= 4 is 0 Å². The Morgan fingerprint density at radius 3 is 2.53 bits per heavy atom. The Hall–Kier alpha value is -0.900. The standard InChI is InChI=1S/C16H25NO2/c1-16(2,19)15-10-14(12-18)8-9-17(15)11-13-6-4-3-5-7-13/h3-7,14-15,18-19H,8-12H2,1-2H3. The number of piperidine rings is 1. The van der Waals surface area contributed by atoms with Crippen LogP contribution in [0.5, 0.6) is 0 Å². The van der Waals surface area contributed by atoms with E-state index in [4.69, 9.17) is 0 Å². The maximum atomic E-state index is 10.4. The molecule has 2 unspecified atom stereocenters. The lowest BCUT2D eigenvalue weighted by atomic mass is 9.83. The van der Waals surface area contributed by atoms with E-state index >= 15 is 0 Å². The molecule has 0 radical (unpaired) electrons. The van der Waals surface area contributed by atoms with Crippen molar-refractivity contribution in [3.63, 3.8) is 0 Å². The third-order valence-corrected chi connectivity index (χ3v) is 4.12. The summed E-state index contributed by atoms with van der Waals surface area (Å²) in [5.41, 5.74) is 0.544. The van der Waals surface area contributed by atoms with Crippen LogP contribution in [0.2, 0.25) is 0 Å². The van der Waals surface area contributed by atoms with Crippen molar-refractivity contribution in [3.05, 3.63) is 35.9 Å². The van der Waals surface area contributed by atoms with Gasteiger partial charge in [0.1, 0.15) is 0 Å². The van der Waals surface area contributed by atoms with E-state index in [1.807, 2.05) is 19.9 Å². The van der Waals surface area contributed by atoms with Crippen molar-refractivity contribution in [1.82, 2.24) is 4.90 Å². The zero-order valence-corrected chi connectivity index (χ0v) is 11.9. The highest BCUT2D eigenvalue weighted by molar-refractivity contribution is 5.15. The van der Waals surface area contributed by atoms with Gasteiger partial charge in [-0.25, -0.2) is 0 Å². The highest BCUT2D eigenvalue weighted by atomic mass is 16.3. The maximum Gasteiger partial charge on any atom is 0.0746 e. The average molecular weight is 263 g/mol. The molecule has 3 nitrogen and oxygen atoms in total. The molecule has 0 aliphatic carbocycles. The van der Waals surface area contributed by atoms with Gasteiger partial charge in [-0.05, 0) is 44.7 Å². The van der Waals surface area contributed by atoms with Crippen LogP contribution >= 0.6 is 0 Å². The topological polar surface area (TPSA) is 43.7 Å². The van der Waals surface area contributed by atoms with E-state index in [0.29, 0.717) is 5.92 Å². The fourth-order valence-electron chi connectivity index (χ4n) is 3.00. The van der Waals surface area contributed by atoms with Crippen LogP contribution in [-0.4, -0.2) is 39.9 Å². The lowest BCUT2D eigenvalue weighted by Gasteiger charge is -2.44. The smallest absolute Gasteiger partial charge is 0.0746 e. The van der Waals surface area contributed by atoms with E-state index in [0.717, 1.165) is 25.9 Å². The second kappa shape index (κ2) is 6.04. The van der Waals surface area contributed by atoms with Gasteiger partial charge in [0.2, 0.25) is 0 Å². The van der Waals surface area contributed by atoms with E-state index in [1.165, 1.54) is 5.56 Å². The molecule has 3 heteroatoms. The van der Waals surface area contributed by atoms with Crippen LogP contribution in [-0.2, 0) is 6.54 Å². The summed E-state index contributed by atoms with van der Waals surface area (Å²) in [5, 5.41) is 19.7. The number of hydrogen-bond donors (Lipinski definition) is 2. The minimum absolute atomic E-state index is 0.110. The predicted molar refractivity (Wildman–Crippen MR) is 76.7 cm³/mol.